The fraction of sp³-hybridized carbons (Fsp3) is 0.417. The van der Waals surface area contributed by atoms with E-state index in [-0.39, 0.29) is 31.3 Å². The van der Waals surface area contributed by atoms with E-state index in [2.05, 4.69) is 17.0 Å². The first-order chi connectivity index (χ1) is 15.2. The van der Waals surface area contributed by atoms with Crippen molar-refractivity contribution in [3.05, 3.63) is 65.2 Å². The number of hydrogen-bond acceptors (Lipinski definition) is 3. The monoisotopic (exact) mass is 445 g/mol. The fourth-order valence-corrected chi connectivity index (χ4v) is 4.42. The maximum atomic E-state index is 13.0. The lowest BCUT2D eigenvalue weighted by atomic mass is 10.1. The van der Waals surface area contributed by atoms with Crippen LogP contribution in [0.4, 0.5) is 18.9 Å². The van der Waals surface area contributed by atoms with E-state index in [1.807, 2.05) is 19.1 Å². The molecule has 2 heterocycles. The number of rotatable bonds is 4. The van der Waals surface area contributed by atoms with Gasteiger partial charge in [-0.25, -0.2) is 0 Å². The standard InChI is InChI=1S/C24H26F3N3O2/c1-17-4-2-7-21(12-17)28-8-10-29(11-9-28)23(32)19-14-22(31)30(16-19)15-18-5-3-6-20(13-18)24(25,26)27/h2-7,12-13,19H,8-11,14-16H2,1H3. The molecule has 170 valence electrons. The second kappa shape index (κ2) is 8.84. The normalized spacial score (nSPS) is 19.6. The van der Waals surface area contributed by atoms with Gasteiger partial charge in [-0.05, 0) is 42.3 Å². The minimum Gasteiger partial charge on any atom is -0.368 e. The van der Waals surface area contributed by atoms with Gasteiger partial charge in [0.2, 0.25) is 11.8 Å². The molecule has 1 atom stereocenters. The summed E-state index contributed by atoms with van der Waals surface area (Å²) in [6.45, 7) is 5.00. The number of carbonyl (C=O) groups excluding carboxylic acids is 2. The van der Waals surface area contributed by atoms with Gasteiger partial charge in [-0.3, -0.25) is 9.59 Å². The van der Waals surface area contributed by atoms with Crippen LogP contribution in [0.25, 0.3) is 0 Å². The molecular formula is C24H26F3N3O2. The molecule has 0 aliphatic carbocycles. The number of hydrogen-bond donors (Lipinski definition) is 0. The first kappa shape index (κ1) is 22.2. The van der Waals surface area contributed by atoms with Gasteiger partial charge in [0.15, 0.2) is 0 Å². The Kier molecular flexibility index (Phi) is 6.13. The zero-order valence-electron chi connectivity index (χ0n) is 17.9. The third-order valence-electron chi connectivity index (χ3n) is 6.15. The number of halogens is 3. The molecule has 2 amide bonds. The van der Waals surface area contributed by atoms with Gasteiger partial charge in [-0.1, -0.05) is 24.3 Å². The second-order valence-corrected chi connectivity index (χ2v) is 8.52. The second-order valence-electron chi connectivity index (χ2n) is 8.52. The van der Waals surface area contributed by atoms with Crippen molar-refractivity contribution in [2.75, 3.05) is 37.6 Å². The van der Waals surface area contributed by atoms with Crippen LogP contribution in [0.15, 0.2) is 48.5 Å². The Labute approximate surface area is 185 Å². The van der Waals surface area contributed by atoms with E-state index in [0.717, 1.165) is 30.9 Å². The Morgan fingerprint density at radius 2 is 1.75 bits per heavy atom. The molecule has 0 radical (unpaired) electrons. The predicted molar refractivity (Wildman–Crippen MR) is 115 cm³/mol. The van der Waals surface area contributed by atoms with Crippen LogP contribution in [-0.2, 0) is 22.3 Å². The number of alkyl halides is 3. The summed E-state index contributed by atoms with van der Waals surface area (Å²) in [5, 5.41) is 0. The lowest BCUT2D eigenvalue weighted by molar-refractivity contribution is -0.137. The number of anilines is 1. The van der Waals surface area contributed by atoms with Crippen LogP contribution >= 0.6 is 0 Å². The lowest BCUT2D eigenvalue weighted by Gasteiger charge is -2.37. The third-order valence-corrected chi connectivity index (χ3v) is 6.15. The Morgan fingerprint density at radius 1 is 1.03 bits per heavy atom. The van der Waals surface area contributed by atoms with E-state index in [0.29, 0.717) is 18.7 Å². The number of likely N-dealkylation sites (tertiary alicyclic amines) is 1. The van der Waals surface area contributed by atoms with E-state index < -0.39 is 17.7 Å². The van der Waals surface area contributed by atoms with Crippen molar-refractivity contribution in [2.24, 2.45) is 5.92 Å². The van der Waals surface area contributed by atoms with E-state index in [1.165, 1.54) is 16.5 Å². The molecule has 2 aliphatic heterocycles. The summed E-state index contributed by atoms with van der Waals surface area (Å²) in [7, 11) is 0. The van der Waals surface area contributed by atoms with Crippen molar-refractivity contribution >= 4 is 17.5 Å². The number of piperazine rings is 1. The van der Waals surface area contributed by atoms with Crippen molar-refractivity contribution in [3.63, 3.8) is 0 Å². The fourth-order valence-electron chi connectivity index (χ4n) is 4.42. The van der Waals surface area contributed by atoms with Gasteiger partial charge in [0.1, 0.15) is 0 Å². The molecular weight excluding hydrogens is 419 g/mol. The number of amides is 2. The minimum absolute atomic E-state index is 0.0474. The summed E-state index contributed by atoms with van der Waals surface area (Å²) in [6, 6.07) is 13.2. The van der Waals surface area contributed by atoms with Gasteiger partial charge in [-0.2, -0.15) is 13.2 Å². The van der Waals surface area contributed by atoms with E-state index >= 15 is 0 Å². The highest BCUT2D eigenvalue weighted by Gasteiger charge is 2.37. The Bertz CT molecular complexity index is 1000. The average molecular weight is 445 g/mol. The summed E-state index contributed by atoms with van der Waals surface area (Å²) >= 11 is 0. The van der Waals surface area contributed by atoms with Gasteiger partial charge in [0.25, 0.3) is 0 Å². The Balaban J connectivity index is 1.34. The van der Waals surface area contributed by atoms with Gasteiger partial charge in [-0.15, -0.1) is 0 Å². The van der Waals surface area contributed by atoms with Crippen molar-refractivity contribution in [1.82, 2.24) is 9.80 Å². The summed E-state index contributed by atoms with van der Waals surface area (Å²) in [5.41, 5.74) is 2.00. The molecule has 2 aliphatic rings. The maximum absolute atomic E-state index is 13.0. The Hall–Kier alpha value is -3.03. The topological polar surface area (TPSA) is 43.9 Å². The molecule has 8 heteroatoms. The molecule has 2 aromatic carbocycles. The molecule has 32 heavy (non-hydrogen) atoms. The lowest BCUT2D eigenvalue weighted by Crippen LogP contribution is -2.50. The van der Waals surface area contributed by atoms with E-state index in [9.17, 15) is 22.8 Å². The molecule has 0 N–H and O–H groups in total. The third kappa shape index (κ3) is 4.89. The molecule has 1 unspecified atom stereocenters. The van der Waals surface area contributed by atoms with Crippen molar-refractivity contribution in [3.8, 4) is 0 Å². The minimum atomic E-state index is -4.43. The molecule has 0 spiro atoms. The van der Waals surface area contributed by atoms with Crippen molar-refractivity contribution in [2.45, 2.75) is 26.1 Å². The van der Waals surface area contributed by atoms with Gasteiger partial charge >= 0.3 is 6.18 Å². The summed E-state index contributed by atoms with van der Waals surface area (Å²) in [5.74, 6) is -0.688. The number of benzene rings is 2. The van der Waals surface area contributed by atoms with Crippen LogP contribution in [0.2, 0.25) is 0 Å². The summed E-state index contributed by atoms with van der Waals surface area (Å²) in [4.78, 5) is 31.0. The number of aryl methyl sites for hydroxylation is 1. The van der Waals surface area contributed by atoms with E-state index in [4.69, 9.17) is 0 Å². The van der Waals surface area contributed by atoms with Crippen molar-refractivity contribution in [1.29, 1.82) is 0 Å². The van der Waals surface area contributed by atoms with Gasteiger partial charge in [0, 0.05) is 51.4 Å². The van der Waals surface area contributed by atoms with Crippen LogP contribution < -0.4 is 4.90 Å². The van der Waals surface area contributed by atoms with Gasteiger partial charge < -0.3 is 14.7 Å². The Morgan fingerprint density at radius 3 is 2.44 bits per heavy atom. The van der Waals surface area contributed by atoms with Crippen LogP contribution in [0.5, 0.6) is 0 Å². The number of carbonyl (C=O) groups is 2. The first-order valence-electron chi connectivity index (χ1n) is 10.7. The summed E-state index contributed by atoms with van der Waals surface area (Å²) < 4.78 is 38.9. The molecule has 4 rings (SSSR count). The largest absolute Gasteiger partial charge is 0.416 e. The van der Waals surface area contributed by atoms with Gasteiger partial charge in [0.05, 0.1) is 11.5 Å². The zero-order chi connectivity index (χ0) is 22.9. The summed E-state index contributed by atoms with van der Waals surface area (Å²) in [6.07, 6.45) is -4.32. The highest BCUT2D eigenvalue weighted by atomic mass is 19.4. The highest BCUT2D eigenvalue weighted by Crippen LogP contribution is 2.30. The average Bonchev–Trinajstić information content (AvgIpc) is 3.13. The van der Waals surface area contributed by atoms with E-state index in [1.54, 1.807) is 11.0 Å². The van der Waals surface area contributed by atoms with Crippen LogP contribution in [0.1, 0.15) is 23.1 Å². The molecule has 5 nitrogen and oxygen atoms in total. The number of nitrogens with zero attached hydrogens (tertiary/aromatic N) is 3. The molecule has 0 bridgehead atoms. The first-order valence-corrected chi connectivity index (χ1v) is 10.7. The molecule has 0 aromatic heterocycles. The predicted octanol–water partition coefficient (Wildman–Crippen LogP) is 3.71. The molecule has 2 fully saturated rings. The zero-order valence-corrected chi connectivity index (χ0v) is 17.9. The van der Waals surface area contributed by atoms with Crippen LogP contribution in [0, 0.1) is 12.8 Å². The molecule has 2 aromatic rings. The SMILES string of the molecule is Cc1cccc(N2CCN(C(=O)C3CC(=O)N(Cc4cccc(C(F)(F)F)c4)C3)CC2)c1. The quantitative estimate of drug-likeness (QED) is 0.721. The molecule has 0 saturated carbocycles. The van der Waals surface area contributed by atoms with Crippen LogP contribution in [-0.4, -0.2) is 54.3 Å². The van der Waals surface area contributed by atoms with Crippen molar-refractivity contribution < 1.29 is 22.8 Å². The smallest absolute Gasteiger partial charge is 0.368 e. The molecule has 2 saturated heterocycles. The van der Waals surface area contributed by atoms with Crippen LogP contribution in [0.3, 0.4) is 0 Å². The highest BCUT2D eigenvalue weighted by molar-refractivity contribution is 5.89. The maximum Gasteiger partial charge on any atom is 0.416 e.